The minimum atomic E-state index is -0.244. The molecule has 31 heavy (non-hydrogen) atoms. The summed E-state index contributed by atoms with van der Waals surface area (Å²) in [7, 11) is 3.32. The second kappa shape index (κ2) is 9.16. The van der Waals surface area contributed by atoms with E-state index in [0.717, 1.165) is 5.56 Å². The molecule has 0 bridgehead atoms. The number of nitrogens with zero attached hydrogens (tertiary/aromatic N) is 4. The van der Waals surface area contributed by atoms with E-state index in [1.54, 1.807) is 36.0 Å². The van der Waals surface area contributed by atoms with E-state index in [4.69, 9.17) is 0 Å². The molecule has 8 nitrogen and oxygen atoms in total. The predicted molar refractivity (Wildman–Crippen MR) is 120 cm³/mol. The summed E-state index contributed by atoms with van der Waals surface area (Å²) in [4.78, 5) is 46.7. The minimum Gasteiger partial charge on any atom is -0.343 e. The Bertz CT molecular complexity index is 971. The van der Waals surface area contributed by atoms with Crippen LogP contribution in [0.15, 0.2) is 42.6 Å². The Labute approximate surface area is 182 Å². The number of benzene rings is 1. The van der Waals surface area contributed by atoms with Crippen LogP contribution in [0.1, 0.15) is 29.9 Å². The first-order chi connectivity index (χ1) is 14.7. The van der Waals surface area contributed by atoms with Crippen LogP contribution in [-0.2, 0) is 4.79 Å². The Hall–Kier alpha value is -3.42. The molecule has 0 spiro atoms. The lowest BCUT2D eigenvalue weighted by molar-refractivity contribution is -0.117. The van der Waals surface area contributed by atoms with Crippen molar-refractivity contribution < 1.29 is 14.4 Å². The van der Waals surface area contributed by atoms with Gasteiger partial charge in [0.2, 0.25) is 5.91 Å². The lowest BCUT2D eigenvalue weighted by Gasteiger charge is -2.25. The molecule has 1 aromatic heterocycles. The van der Waals surface area contributed by atoms with Gasteiger partial charge < -0.3 is 15.1 Å². The molecule has 1 saturated heterocycles. The Morgan fingerprint density at radius 1 is 1.23 bits per heavy atom. The van der Waals surface area contributed by atoms with Crippen LogP contribution < -0.4 is 10.2 Å². The highest BCUT2D eigenvalue weighted by Gasteiger charge is 2.40. The summed E-state index contributed by atoms with van der Waals surface area (Å²) in [6, 6.07) is 10.5. The highest BCUT2D eigenvalue weighted by molar-refractivity contribution is 6.00. The number of anilines is 2. The van der Waals surface area contributed by atoms with E-state index in [1.807, 2.05) is 45.0 Å². The highest BCUT2D eigenvalue weighted by atomic mass is 16.2. The fourth-order valence-electron chi connectivity index (χ4n) is 3.61. The van der Waals surface area contributed by atoms with Gasteiger partial charge in [0.05, 0.1) is 17.9 Å². The van der Waals surface area contributed by atoms with Crippen LogP contribution in [0.2, 0.25) is 0 Å². The maximum Gasteiger partial charge on any atom is 0.325 e. The topological polar surface area (TPSA) is 85.8 Å². The molecule has 0 aliphatic carbocycles. The summed E-state index contributed by atoms with van der Waals surface area (Å²) < 4.78 is 0. The third-order valence-corrected chi connectivity index (χ3v) is 5.32. The second-order valence-electron chi connectivity index (χ2n) is 8.35. The predicted octanol–water partition coefficient (Wildman–Crippen LogP) is 3.00. The molecule has 1 aliphatic heterocycles. The Morgan fingerprint density at radius 2 is 1.97 bits per heavy atom. The van der Waals surface area contributed by atoms with E-state index in [1.165, 1.54) is 11.1 Å². The van der Waals surface area contributed by atoms with Crippen molar-refractivity contribution in [1.29, 1.82) is 0 Å². The van der Waals surface area contributed by atoms with Crippen LogP contribution >= 0.6 is 0 Å². The minimum absolute atomic E-state index is 0.0310. The van der Waals surface area contributed by atoms with E-state index in [9.17, 15) is 14.4 Å². The van der Waals surface area contributed by atoms with Crippen LogP contribution in [0.5, 0.6) is 0 Å². The quantitative estimate of drug-likeness (QED) is 0.774. The largest absolute Gasteiger partial charge is 0.343 e. The number of aromatic nitrogens is 1. The molecular weight excluding hydrogens is 394 g/mol. The van der Waals surface area contributed by atoms with Gasteiger partial charge in [-0.3, -0.25) is 14.5 Å². The third kappa shape index (κ3) is 5.02. The van der Waals surface area contributed by atoms with Crippen molar-refractivity contribution >= 4 is 29.2 Å². The number of pyridine rings is 1. The number of carbonyl (C=O) groups excluding carboxylic acids is 3. The van der Waals surface area contributed by atoms with Crippen molar-refractivity contribution in [2.24, 2.45) is 5.92 Å². The molecule has 0 saturated carbocycles. The molecule has 8 heteroatoms. The summed E-state index contributed by atoms with van der Waals surface area (Å²) in [6.45, 7) is 6.44. The van der Waals surface area contributed by atoms with Gasteiger partial charge in [0, 0.05) is 26.3 Å². The maximum absolute atomic E-state index is 13.2. The molecule has 1 aliphatic rings. The Kier molecular flexibility index (Phi) is 6.58. The summed E-state index contributed by atoms with van der Waals surface area (Å²) in [6.07, 6.45) is 1.53. The zero-order chi connectivity index (χ0) is 22.7. The van der Waals surface area contributed by atoms with Crippen molar-refractivity contribution in [3.8, 4) is 0 Å². The van der Waals surface area contributed by atoms with Gasteiger partial charge >= 0.3 is 6.03 Å². The van der Waals surface area contributed by atoms with Gasteiger partial charge in [-0.25, -0.2) is 9.78 Å². The number of hydrogen-bond donors (Lipinski definition) is 1. The number of amides is 4. The van der Waals surface area contributed by atoms with Crippen molar-refractivity contribution in [1.82, 2.24) is 14.8 Å². The monoisotopic (exact) mass is 423 g/mol. The molecule has 1 aromatic carbocycles. The van der Waals surface area contributed by atoms with E-state index in [-0.39, 0.29) is 36.3 Å². The standard InChI is InChI=1S/C23H29N5O3/c1-15(2)20-13-27(18-9-10-19(24-12-18)22(30)26(4)5)23(31)28(20)14-21(29)25-17-8-6-7-16(3)11-17/h6-12,15,20H,13-14H2,1-5H3,(H,25,29)/t20-/m1/s1. The van der Waals surface area contributed by atoms with Crippen LogP contribution in [0, 0.1) is 12.8 Å². The number of aryl methyl sites for hydroxylation is 1. The molecule has 0 unspecified atom stereocenters. The van der Waals surface area contributed by atoms with Crippen LogP contribution in [0.25, 0.3) is 0 Å². The SMILES string of the molecule is Cc1cccc(NC(=O)CN2C(=O)N(c3ccc(C(=O)N(C)C)nc3)C[C@@H]2C(C)C)c1. The third-order valence-electron chi connectivity index (χ3n) is 5.32. The Balaban J connectivity index is 1.75. The first-order valence-electron chi connectivity index (χ1n) is 10.3. The summed E-state index contributed by atoms with van der Waals surface area (Å²) in [5.74, 6) is -0.270. The van der Waals surface area contributed by atoms with Gasteiger partial charge in [-0.05, 0) is 42.7 Å². The van der Waals surface area contributed by atoms with Gasteiger partial charge in [0.25, 0.3) is 5.91 Å². The van der Waals surface area contributed by atoms with Gasteiger partial charge in [-0.2, -0.15) is 0 Å². The number of nitrogens with one attached hydrogen (secondary N) is 1. The van der Waals surface area contributed by atoms with Crippen molar-refractivity contribution in [2.45, 2.75) is 26.8 Å². The zero-order valence-corrected chi connectivity index (χ0v) is 18.6. The number of hydrogen-bond acceptors (Lipinski definition) is 4. The van der Waals surface area contributed by atoms with E-state index < -0.39 is 0 Å². The molecule has 164 valence electrons. The molecule has 2 aromatic rings. The van der Waals surface area contributed by atoms with Gasteiger partial charge in [0.15, 0.2) is 0 Å². The Morgan fingerprint density at radius 3 is 2.55 bits per heavy atom. The van der Waals surface area contributed by atoms with Crippen LogP contribution in [-0.4, -0.2) is 65.9 Å². The lowest BCUT2D eigenvalue weighted by atomic mass is 10.0. The summed E-state index contributed by atoms with van der Waals surface area (Å²) >= 11 is 0. The molecule has 1 atom stereocenters. The molecule has 1 fully saturated rings. The molecule has 1 N–H and O–H groups in total. The van der Waals surface area contributed by atoms with Crippen molar-refractivity contribution in [3.05, 3.63) is 53.9 Å². The first kappa shape index (κ1) is 22.3. The van der Waals surface area contributed by atoms with Crippen molar-refractivity contribution in [2.75, 3.05) is 37.4 Å². The first-order valence-corrected chi connectivity index (χ1v) is 10.3. The maximum atomic E-state index is 13.2. The average Bonchev–Trinajstić information content (AvgIpc) is 3.04. The number of urea groups is 1. The van der Waals surface area contributed by atoms with Crippen LogP contribution in [0.3, 0.4) is 0 Å². The molecule has 0 radical (unpaired) electrons. The summed E-state index contributed by atoms with van der Waals surface area (Å²) in [5.41, 5.74) is 2.67. The average molecular weight is 424 g/mol. The molecule has 4 amide bonds. The second-order valence-corrected chi connectivity index (χ2v) is 8.35. The summed E-state index contributed by atoms with van der Waals surface area (Å²) in [5, 5.41) is 2.87. The lowest BCUT2D eigenvalue weighted by Crippen LogP contribution is -2.42. The zero-order valence-electron chi connectivity index (χ0n) is 18.6. The van der Waals surface area contributed by atoms with Gasteiger partial charge in [-0.1, -0.05) is 26.0 Å². The van der Waals surface area contributed by atoms with Gasteiger partial charge in [0.1, 0.15) is 12.2 Å². The van der Waals surface area contributed by atoms with E-state index >= 15 is 0 Å². The highest BCUT2D eigenvalue weighted by Crippen LogP contribution is 2.27. The number of rotatable bonds is 6. The molecule has 3 rings (SSSR count). The molecular formula is C23H29N5O3. The van der Waals surface area contributed by atoms with Gasteiger partial charge in [-0.15, -0.1) is 0 Å². The number of carbonyl (C=O) groups is 3. The van der Waals surface area contributed by atoms with E-state index in [0.29, 0.717) is 23.6 Å². The fourth-order valence-corrected chi connectivity index (χ4v) is 3.61. The normalized spacial score (nSPS) is 16.1. The molecule has 2 heterocycles. The van der Waals surface area contributed by atoms with Crippen LogP contribution in [0.4, 0.5) is 16.2 Å². The van der Waals surface area contributed by atoms with E-state index in [2.05, 4.69) is 10.3 Å². The fraction of sp³-hybridized carbons (Fsp3) is 0.391. The smallest absolute Gasteiger partial charge is 0.325 e. The van der Waals surface area contributed by atoms with Crippen molar-refractivity contribution in [3.63, 3.8) is 0 Å².